The molecular weight excluding hydrogens is 307 g/mol. The predicted molar refractivity (Wildman–Crippen MR) is 90.1 cm³/mol. The fraction of sp³-hybridized carbons (Fsp3) is 0.316. The lowest BCUT2D eigenvalue weighted by molar-refractivity contribution is 0.0342. The maximum absolute atomic E-state index is 13.6. The van der Waals surface area contributed by atoms with Gasteiger partial charge in [0, 0.05) is 26.2 Å². The van der Waals surface area contributed by atoms with Gasteiger partial charge >= 0.3 is 0 Å². The monoisotopic (exact) mass is 328 g/mol. The first kappa shape index (κ1) is 16.6. The molecule has 0 saturated carbocycles. The lowest BCUT2D eigenvalue weighted by Gasteiger charge is -2.26. The summed E-state index contributed by atoms with van der Waals surface area (Å²) in [5.74, 6) is -0.902. The molecule has 3 rings (SSSR count). The van der Waals surface area contributed by atoms with Gasteiger partial charge in [0.25, 0.3) is 5.91 Å². The number of hydrogen-bond donors (Lipinski definition) is 1. The minimum Gasteiger partial charge on any atom is -0.379 e. The predicted octanol–water partition coefficient (Wildman–Crippen LogP) is 2.59. The van der Waals surface area contributed by atoms with Crippen LogP contribution in [0.5, 0.6) is 0 Å². The van der Waals surface area contributed by atoms with E-state index in [0.29, 0.717) is 6.54 Å². The highest BCUT2D eigenvalue weighted by Crippen LogP contribution is 2.10. The van der Waals surface area contributed by atoms with Crippen molar-refractivity contribution in [3.05, 3.63) is 71.0 Å². The van der Waals surface area contributed by atoms with Crippen LogP contribution in [-0.4, -0.2) is 37.1 Å². The first-order valence-electron chi connectivity index (χ1n) is 8.13. The number of rotatable bonds is 5. The fourth-order valence-corrected chi connectivity index (χ4v) is 2.70. The quantitative estimate of drug-likeness (QED) is 0.917. The molecule has 0 aromatic heterocycles. The Hall–Kier alpha value is -2.24. The second kappa shape index (κ2) is 8.04. The average Bonchev–Trinajstić information content (AvgIpc) is 2.62. The van der Waals surface area contributed by atoms with Crippen LogP contribution in [0.15, 0.2) is 48.5 Å². The fourth-order valence-electron chi connectivity index (χ4n) is 2.70. The summed E-state index contributed by atoms with van der Waals surface area (Å²) in [7, 11) is 0. The molecule has 1 aliphatic heterocycles. The van der Waals surface area contributed by atoms with Crippen molar-refractivity contribution in [1.82, 2.24) is 10.2 Å². The van der Waals surface area contributed by atoms with Gasteiger partial charge in [0.2, 0.25) is 0 Å². The molecule has 24 heavy (non-hydrogen) atoms. The maximum atomic E-state index is 13.6. The summed E-state index contributed by atoms with van der Waals surface area (Å²) in [6.07, 6.45) is 0. The van der Waals surface area contributed by atoms with E-state index in [0.717, 1.165) is 38.4 Å². The zero-order valence-electron chi connectivity index (χ0n) is 13.5. The zero-order chi connectivity index (χ0) is 16.8. The van der Waals surface area contributed by atoms with Crippen LogP contribution in [0.25, 0.3) is 0 Å². The zero-order valence-corrected chi connectivity index (χ0v) is 13.5. The van der Waals surface area contributed by atoms with Crippen molar-refractivity contribution in [2.24, 2.45) is 0 Å². The van der Waals surface area contributed by atoms with Crippen LogP contribution in [0.3, 0.4) is 0 Å². The Morgan fingerprint density at radius 3 is 2.42 bits per heavy atom. The van der Waals surface area contributed by atoms with Crippen molar-refractivity contribution in [2.75, 3.05) is 26.3 Å². The third kappa shape index (κ3) is 4.40. The highest BCUT2D eigenvalue weighted by molar-refractivity contribution is 5.94. The smallest absolute Gasteiger partial charge is 0.254 e. The Kier molecular flexibility index (Phi) is 5.56. The molecule has 1 aliphatic rings. The summed E-state index contributed by atoms with van der Waals surface area (Å²) >= 11 is 0. The van der Waals surface area contributed by atoms with E-state index in [1.807, 2.05) is 12.1 Å². The molecule has 0 atom stereocenters. The van der Waals surface area contributed by atoms with Crippen LogP contribution in [0.4, 0.5) is 4.39 Å². The summed E-state index contributed by atoms with van der Waals surface area (Å²) in [6, 6.07) is 14.1. The van der Waals surface area contributed by atoms with Crippen LogP contribution in [-0.2, 0) is 17.8 Å². The molecule has 1 fully saturated rings. The van der Waals surface area contributed by atoms with Gasteiger partial charge in [0.15, 0.2) is 0 Å². The van der Waals surface area contributed by atoms with Gasteiger partial charge in [-0.05, 0) is 23.3 Å². The molecule has 2 aromatic rings. The van der Waals surface area contributed by atoms with Crippen molar-refractivity contribution in [3.8, 4) is 0 Å². The molecule has 1 saturated heterocycles. The molecule has 2 aromatic carbocycles. The van der Waals surface area contributed by atoms with Gasteiger partial charge in [-0.1, -0.05) is 36.4 Å². The number of nitrogens with zero attached hydrogens (tertiary/aromatic N) is 1. The number of carbonyl (C=O) groups is 1. The van der Waals surface area contributed by atoms with Gasteiger partial charge in [0.05, 0.1) is 18.8 Å². The minimum absolute atomic E-state index is 0.0708. The number of nitrogens with one attached hydrogen (secondary N) is 1. The Labute approximate surface area is 141 Å². The van der Waals surface area contributed by atoms with Crippen LogP contribution in [0.1, 0.15) is 21.5 Å². The number of halogens is 1. The van der Waals surface area contributed by atoms with E-state index in [1.54, 1.807) is 12.1 Å². The minimum atomic E-state index is -0.504. The standard InChI is InChI=1S/C19H21FN2O2/c20-18-4-2-1-3-17(18)19(23)21-13-15-5-7-16(8-6-15)14-22-9-11-24-12-10-22/h1-8H,9-14H2,(H,21,23). The van der Waals surface area contributed by atoms with Crippen LogP contribution >= 0.6 is 0 Å². The van der Waals surface area contributed by atoms with Crippen molar-refractivity contribution in [3.63, 3.8) is 0 Å². The van der Waals surface area contributed by atoms with E-state index < -0.39 is 11.7 Å². The number of benzene rings is 2. The molecule has 1 heterocycles. The molecule has 1 N–H and O–H groups in total. The van der Waals surface area contributed by atoms with E-state index in [2.05, 4.69) is 22.3 Å². The van der Waals surface area contributed by atoms with Gasteiger partial charge < -0.3 is 10.1 Å². The number of amides is 1. The lowest BCUT2D eigenvalue weighted by atomic mass is 10.1. The van der Waals surface area contributed by atoms with Crippen LogP contribution in [0.2, 0.25) is 0 Å². The summed E-state index contributed by atoms with van der Waals surface area (Å²) in [5.41, 5.74) is 2.30. The topological polar surface area (TPSA) is 41.6 Å². The summed E-state index contributed by atoms with van der Waals surface area (Å²) in [4.78, 5) is 14.4. The van der Waals surface area contributed by atoms with E-state index in [4.69, 9.17) is 4.74 Å². The number of ether oxygens (including phenoxy) is 1. The first-order chi connectivity index (χ1) is 11.7. The number of hydrogen-bond acceptors (Lipinski definition) is 3. The number of carbonyl (C=O) groups excluding carboxylic acids is 1. The molecule has 126 valence electrons. The largest absolute Gasteiger partial charge is 0.379 e. The van der Waals surface area contributed by atoms with E-state index in [-0.39, 0.29) is 5.56 Å². The Bertz CT molecular complexity index is 682. The third-order valence-electron chi connectivity index (χ3n) is 4.10. The highest BCUT2D eigenvalue weighted by atomic mass is 19.1. The summed E-state index contributed by atoms with van der Waals surface area (Å²) in [6.45, 7) is 4.79. The molecule has 4 nitrogen and oxygen atoms in total. The lowest BCUT2D eigenvalue weighted by Crippen LogP contribution is -2.35. The molecule has 1 amide bonds. The first-order valence-corrected chi connectivity index (χ1v) is 8.13. The van der Waals surface area contributed by atoms with Crippen molar-refractivity contribution in [1.29, 1.82) is 0 Å². The van der Waals surface area contributed by atoms with Crippen LogP contribution < -0.4 is 5.32 Å². The number of morpholine rings is 1. The van der Waals surface area contributed by atoms with Gasteiger partial charge in [-0.25, -0.2) is 4.39 Å². The molecule has 0 unspecified atom stereocenters. The Morgan fingerprint density at radius 1 is 1.04 bits per heavy atom. The summed E-state index contributed by atoms with van der Waals surface area (Å²) in [5, 5.41) is 2.75. The second-order valence-corrected chi connectivity index (χ2v) is 5.87. The van der Waals surface area contributed by atoms with Crippen molar-refractivity contribution >= 4 is 5.91 Å². The molecule has 0 radical (unpaired) electrons. The van der Waals surface area contributed by atoms with E-state index in [9.17, 15) is 9.18 Å². The second-order valence-electron chi connectivity index (χ2n) is 5.87. The highest BCUT2D eigenvalue weighted by Gasteiger charge is 2.11. The average molecular weight is 328 g/mol. The summed E-state index contributed by atoms with van der Waals surface area (Å²) < 4.78 is 18.9. The Morgan fingerprint density at radius 2 is 1.71 bits per heavy atom. The van der Waals surface area contributed by atoms with E-state index >= 15 is 0 Å². The van der Waals surface area contributed by atoms with Gasteiger partial charge in [0.1, 0.15) is 5.82 Å². The van der Waals surface area contributed by atoms with Gasteiger partial charge in [-0.15, -0.1) is 0 Å². The molecule has 0 bridgehead atoms. The molecule has 5 heteroatoms. The molecule has 0 aliphatic carbocycles. The van der Waals surface area contributed by atoms with E-state index in [1.165, 1.54) is 17.7 Å². The normalized spacial score (nSPS) is 15.2. The van der Waals surface area contributed by atoms with Gasteiger partial charge in [-0.2, -0.15) is 0 Å². The van der Waals surface area contributed by atoms with Crippen molar-refractivity contribution < 1.29 is 13.9 Å². The van der Waals surface area contributed by atoms with Gasteiger partial charge in [-0.3, -0.25) is 9.69 Å². The SMILES string of the molecule is O=C(NCc1ccc(CN2CCOCC2)cc1)c1ccccc1F. The molecular formula is C19H21FN2O2. The molecule has 0 spiro atoms. The Balaban J connectivity index is 1.52. The maximum Gasteiger partial charge on any atom is 0.254 e. The van der Waals surface area contributed by atoms with Crippen LogP contribution in [0, 0.1) is 5.82 Å². The van der Waals surface area contributed by atoms with Crippen molar-refractivity contribution in [2.45, 2.75) is 13.1 Å². The third-order valence-corrected chi connectivity index (χ3v) is 4.10.